The van der Waals surface area contributed by atoms with E-state index in [1.54, 1.807) is 10.9 Å². The maximum absolute atomic E-state index is 11.8. The van der Waals surface area contributed by atoms with Crippen molar-refractivity contribution in [3.63, 3.8) is 0 Å². The summed E-state index contributed by atoms with van der Waals surface area (Å²) in [5.41, 5.74) is 2.93. The molecule has 2 aromatic heterocycles. The van der Waals surface area contributed by atoms with Crippen molar-refractivity contribution in [2.75, 3.05) is 18.5 Å². The first-order valence-electron chi connectivity index (χ1n) is 14.5. The van der Waals surface area contributed by atoms with E-state index < -0.39 is 0 Å². The molecule has 2 heterocycles. The molecule has 230 valence electrons. The summed E-state index contributed by atoms with van der Waals surface area (Å²) < 4.78 is 15.0. The Balaban J connectivity index is 1.43. The van der Waals surface area contributed by atoms with Gasteiger partial charge in [0.15, 0.2) is 16.1 Å². The van der Waals surface area contributed by atoms with Gasteiger partial charge in [-0.25, -0.2) is 4.98 Å². The monoisotopic (exact) mass is 644 g/mol. The number of carbonyl (C=O) groups is 1. The van der Waals surface area contributed by atoms with Gasteiger partial charge in [-0.1, -0.05) is 74.0 Å². The minimum Gasteiger partial charge on any atom is -0.493 e. The Labute approximate surface area is 267 Å². The summed E-state index contributed by atoms with van der Waals surface area (Å²) in [6.07, 6.45) is 7.71. The average Bonchev–Trinajstić information content (AvgIpc) is 3.51. The van der Waals surface area contributed by atoms with Crippen LogP contribution in [0.4, 0.5) is 5.69 Å². The van der Waals surface area contributed by atoms with Gasteiger partial charge in [0.1, 0.15) is 10.9 Å². The number of unbranched alkanes of at least 4 members (excludes halogenated alkanes) is 4. The minimum absolute atomic E-state index is 0.220. The van der Waals surface area contributed by atoms with E-state index in [2.05, 4.69) is 45.6 Å². The topological polar surface area (TPSA) is 96.1 Å². The second-order valence-corrected chi connectivity index (χ2v) is 11.8. The molecular formula is C31H38Cl2N6O3S. The largest absolute Gasteiger partial charge is 0.493 e. The van der Waals surface area contributed by atoms with E-state index in [1.807, 2.05) is 42.8 Å². The van der Waals surface area contributed by atoms with Crippen molar-refractivity contribution < 1.29 is 14.3 Å². The molecule has 0 aliphatic heterocycles. The molecule has 1 N–H and O–H groups in total. The Morgan fingerprint density at radius 1 is 1.02 bits per heavy atom. The maximum atomic E-state index is 11.8. The van der Waals surface area contributed by atoms with Gasteiger partial charge in [-0.2, -0.15) is 0 Å². The van der Waals surface area contributed by atoms with Gasteiger partial charge in [-0.3, -0.25) is 4.79 Å². The second kappa shape index (κ2) is 16.6. The van der Waals surface area contributed by atoms with Gasteiger partial charge in [0.2, 0.25) is 0 Å². The lowest BCUT2D eigenvalue weighted by Gasteiger charge is -2.15. The van der Waals surface area contributed by atoms with Crippen LogP contribution in [0.1, 0.15) is 62.9 Å². The van der Waals surface area contributed by atoms with E-state index >= 15 is 0 Å². The first-order valence-corrected chi connectivity index (χ1v) is 16.1. The van der Waals surface area contributed by atoms with Gasteiger partial charge in [0.05, 0.1) is 32.5 Å². The summed E-state index contributed by atoms with van der Waals surface area (Å²) >= 11 is 13.7. The van der Waals surface area contributed by atoms with E-state index in [0.29, 0.717) is 31.5 Å². The zero-order valence-corrected chi connectivity index (χ0v) is 27.1. The SMILES string of the molecule is CCCCCCCOc1cc(Sc2nnc(Cn3cnc(Cl)c3Cl)n2C)ccc1CNc1ccc(CC(=O)OCC)cc1. The molecule has 0 spiro atoms. The molecule has 12 heteroatoms. The normalized spacial score (nSPS) is 11.1. The Hall–Kier alpha value is -3.21. The van der Waals surface area contributed by atoms with E-state index in [9.17, 15) is 4.79 Å². The molecule has 43 heavy (non-hydrogen) atoms. The van der Waals surface area contributed by atoms with Crippen molar-refractivity contribution in [2.24, 2.45) is 7.05 Å². The minimum atomic E-state index is -0.220. The van der Waals surface area contributed by atoms with Crippen molar-refractivity contribution in [2.45, 2.75) is 75.5 Å². The number of imidazole rings is 1. The number of halogens is 2. The molecule has 0 saturated carbocycles. The van der Waals surface area contributed by atoms with Crippen molar-refractivity contribution in [1.29, 1.82) is 0 Å². The van der Waals surface area contributed by atoms with Crippen LogP contribution in [0.15, 0.2) is 58.8 Å². The molecule has 0 atom stereocenters. The molecular weight excluding hydrogens is 607 g/mol. The van der Waals surface area contributed by atoms with Gasteiger partial charge in [0.25, 0.3) is 0 Å². The number of hydrogen-bond acceptors (Lipinski definition) is 8. The molecule has 0 unspecified atom stereocenters. The fourth-order valence-electron chi connectivity index (χ4n) is 4.37. The molecule has 2 aromatic carbocycles. The van der Waals surface area contributed by atoms with Gasteiger partial charge in [-0.15, -0.1) is 10.2 Å². The Morgan fingerprint density at radius 3 is 2.53 bits per heavy atom. The summed E-state index contributed by atoms with van der Waals surface area (Å²) in [5, 5.41) is 13.6. The van der Waals surface area contributed by atoms with E-state index in [0.717, 1.165) is 51.3 Å². The van der Waals surface area contributed by atoms with Crippen LogP contribution in [0.2, 0.25) is 10.3 Å². The number of nitrogens with zero attached hydrogens (tertiary/aromatic N) is 5. The zero-order valence-electron chi connectivity index (χ0n) is 24.8. The van der Waals surface area contributed by atoms with Crippen LogP contribution in [0, 0.1) is 0 Å². The van der Waals surface area contributed by atoms with Gasteiger partial charge in [-0.05, 0) is 54.9 Å². The summed E-state index contributed by atoms with van der Waals surface area (Å²) in [7, 11) is 1.92. The standard InChI is InChI=1S/C31H38Cl2N6O3S/c1-4-6-7-8-9-16-42-26-18-25(43-31-37-36-27(38(31)3)20-39-21-35-29(32)30(39)33)15-12-23(26)19-34-24-13-10-22(11-14-24)17-28(40)41-5-2/h10-15,18,21,34H,4-9,16-17,19-20H2,1-3H3. The van der Waals surface area contributed by atoms with Crippen molar-refractivity contribution in [3.8, 4) is 5.75 Å². The van der Waals surface area contributed by atoms with Crippen LogP contribution >= 0.6 is 35.0 Å². The molecule has 0 aliphatic rings. The van der Waals surface area contributed by atoms with Crippen LogP contribution < -0.4 is 10.1 Å². The number of aromatic nitrogens is 5. The highest BCUT2D eigenvalue weighted by Gasteiger charge is 2.15. The summed E-state index contributed by atoms with van der Waals surface area (Å²) in [5.74, 6) is 1.35. The summed E-state index contributed by atoms with van der Waals surface area (Å²) in [6.45, 7) is 6.07. The number of hydrogen-bond donors (Lipinski definition) is 1. The third kappa shape index (κ3) is 9.64. The van der Waals surface area contributed by atoms with Crippen LogP contribution in [0.25, 0.3) is 0 Å². The predicted molar refractivity (Wildman–Crippen MR) is 171 cm³/mol. The molecule has 0 radical (unpaired) electrons. The molecule has 9 nitrogen and oxygen atoms in total. The molecule has 0 fully saturated rings. The number of nitrogens with one attached hydrogen (secondary N) is 1. The smallest absolute Gasteiger partial charge is 0.310 e. The van der Waals surface area contributed by atoms with Gasteiger partial charge in [0, 0.05) is 29.7 Å². The zero-order chi connectivity index (χ0) is 30.6. The highest BCUT2D eigenvalue weighted by Crippen LogP contribution is 2.32. The maximum Gasteiger partial charge on any atom is 0.310 e. The van der Waals surface area contributed by atoms with E-state index in [4.69, 9.17) is 32.7 Å². The molecule has 4 aromatic rings. The summed E-state index contributed by atoms with van der Waals surface area (Å²) in [6, 6.07) is 14.1. The van der Waals surface area contributed by atoms with Crippen molar-refractivity contribution in [1.82, 2.24) is 24.3 Å². The number of anilines is 1. The average molecular weight is 646 g/mol. The number of carbonyl (C=O) groups excluding carboxylic acids is 1. The highest BCUT2D eigenvalue weighted by molar-refractivity contribution is 7.99. The number of esters is 1. The van der Waals surface area contributed by atoms with E-state index in [-0.39, 0.29) is 17.5 Å². The van der Waals surface area contributed by atoms with Crippen LogP contribution in [-0.4, -0.2) is 43.5 Å². The number of rotatable bonds is 17. The number of benzene rings is 2. The van der Waals surface area contributed by atoms with Crippen molar-refractivity contribution >= 4 is 46.6 Å². The Morgan fingerprint density at radius 2 is 1.81 bits per heavy atom. The van der Waals surface area contributed by atoms with E-state index in [1.165, 1.54) is 31.0 Å². The quantitative estimate of drug-likeness (QED) is 0.0928. The molecule has 0 amide bonds. The highest BCUT2D eigenvalue weighted by atomic mass is 35.5. The Bertz CT molecular complexity index is 1470. The predicted octanol–water partition coefficient (Wildman–Crippen LogP) is 7.58. The molecule has 0 aliphatic carbocycles. The second-order valence-electron chi connectivity index (χ2n) is 10.1. The molecule has 0 saturated heterocycles. The summed E-state index contributed by atoms with van der Waals surface area (Å²) in [4.78, 5) is 16.8. The van der Waals surface area contributed by atoms with Crippen LogP contribution in [-0.2, 0) is 36.1 Å². The molecule has 0 bridgehead atoms. The van der Waals surface area contributed by atoms with Crippen molar-refractivity contribution in [3.05, 3.63) is 76.0 Å². The lowest BCUT2D eigenvalue weighted by Crippen LogP contribution is -2.08. The van der Waals surface area contributed by atoms with Gasteiger partial charge < -0.3 is 23.9 Å². The van der Waals surface area contributed by atoms with Crippen LogP contribution in [0.5, 0.6) is 5.75 Å². The Kier molecular flexibility index (Phi) is 12.6. The number of ether oxygens (including phenoxy) is 2. The first kappa shape index (κ1) is 32.7. The van der Waals surface area contributed by atoms with Gasteiger partial charge >= 0.3 is 5.97 Å². The fourth-order valence-corrected chi connectivity index (χ4v) is 5.51. The third-order valence-electron chi connectivity index (χ3n) is 6.81. The first-order chi connectivity index (χ1) is 20.9. The molecule has 4 rings (SSSR count). The lowest BCUT2D eigenvalue weighted by molar-refractivity contribution is -0.142. The lowest BCUT2D eigenvalue weighted by atomic mass is 10.1. The fraction of sp³-hybridized carbons (Fsp3) is 0.419. The third-order valence-corrected chi connectivity index (χ3v) is 8.61. The van der Waals surface area contributed by atoms with Crippen LogP contribution in [0.3, 0.4) is 0 Å².